The number of nitrogens with one attached hydrogen (secondary N) is 1. The second-order valence-electron chi connectivity index (χ2n) is 6.73. The minimum absolute atomic E-state index is 0.246. The average Bonchev–Trinajstić information content (AvgIpc) is 3.32. The Morgan fingerprint density at radius 3 is 2.74 bits per heavy atom. The first-order chi connectivity index (χ1) is 12.9. The Bertz CT molecular complexity index is 798. The Hall–Kier alpha value is -2.35. The number of amides is 1. The Morgan fingerprint density at radius 2 is 2.07 bits per heavy atom. The van der Waals surface area contributed by atoms with E-state index in [4.69, 9.17) is 4.74 Å². The van der Waals surface area contributed by atoms with Gasteiger partial charge < -0.3 is 10.1 Å². The standard InChI is InChI=1S/C19H22F3N3O2/c1-13-5-2-3-6-16(13)25-17(19(20,21)22)15(11-24-25)18(26)23-9-4-10-27-12-14-7-8-14/h2-3,5-6,11,14H,4,7-10,12H2,1H3,(H,23,26). The van der Waals surface area contributed by atoms with Crippen LogP contribution in [0.5, 0.6) is 0 Å². The first-order valence-electron chi connectivity index (χ1n) is 8.95. The van der Waals surface area contributed by atoms with Gasteiger partial charge in [-0.25, -0.2) is 4.68 Å². The molecule has 1 amide bonds. The molecule has 0 spiro atoms. The molecule has 0 aliphatic heterocycles. The molecular formula is C19H22F3N3O2. The predicted molar refractivity (Wildman–Crippen MR) is 93.8 cm³/mol. The van der Waals surface area contributed by atoms with Crippen LogP contribution in [0.15, 0.2) is 30.5 Å². The SMILES string of the molecule is Cc1ccccc1-n1ncc(C(=O)NCCCOCC2CC2)c1C(F)(F)F. The van der Waals surface area contributed by atoms with Crippen LogP contribution in [0.1, 0.15) is 40.9 Å². The summed E-state index contributed by atoms with van der Waals surface area (Å²) in [6.07, 6.45) is -0.803. The molecule has 5 nitrogen and oxygen atoms in total. The molecule has 1 heterocycles. The van der Waals surface area contributed by atoms with Gasteiger partial charge in [-0.05, 0) is 43.7 Å². The highest BCUT2D eigenvalue weighted by atomic mass is 19.4. The zero-order valence-electron chi connectivity index (χ0n) is 15.1. The highest BCUT2D eigenvalue weighted by Crippen LogP contribution is 2.34. The third-order valence-corrected chi connectivity index (χ3v) is 4.43. The number of carbonyl (C=O) groups is 1. The van der Waals surface area contributed by atoms with Crippen molar-refractivity contribution in [3.63, 3.8) is 0 Å². The third-order valence-electron chi connectivity index (χ3n) is 4.43. The van der Waals surface area contributed by atoms with Crippen LogP contribution in [0.25, 0.3) is 5.69 Å². The fourth-order valence-corrected chi connectivity index (χ4v) is 2.78. The summed E-state index contributed by atoms with van der Waals surface area (Å²) >= 11 is 0. The topological polar surface area (TPSA) is 56.2 Å². The van der Waals surface area contributed by atoms with Crippen LogP contribution < -0.4 is 5.32 Å². The lowest BCUT2D eigenvalue weighted by molar-refractivity contribution is -0.143. The summed E-state index contributed by atoms with van der Waals surface area (Å²) in [5.41, 5.74) is -0.632. The van der Waals surface area contributed by atoms with Crippen LogP contribution >= 0.6 is 0 Å². The number of ether oxygens (including phenoxy) is 1. The molecule has 3 rings (SSSR count). The van der Waals surface area contributed by atoms with Crippen molar-refractivity contribution >= 4 is 5.91 Å². The number of para-hydroxylation sites is 1. The quantitative estimate of drug-likeness (QED) is 0.709. The maximum Gasteiger partial charge on any atom is 0.434 e. The summed E-state index contributed by atoms with van der Waals surface area (Å²) < 4.78 is 47.1. The number of alkyl halides is 3. The van der Waals surface area contributed by atoms with E-state index in [0.717, 1.165) is 17.5 Å². The molecule has 146 valence electrons. The van der Waals surface area contributed by atoms with E-state index in [2.05, 4.69) is 10.4 Å². The molecule has 1 aromatic heterocycles. The summed E-state index contributed by atoms with van der Waals surface area (Å²) in [4.78, 5) is 12.3. The minimum atomic E-state index is -4.71. The summed E-state index contributed by atoms with van der Waals surface area (Å²) in [6.45, 7) is 3.13. The van der Waals surface area contributed by atoms with Crippen LogP contribution in [0.4, 0.5) is 13.2 Å². The molecule has 27 heavy (non-hydrogen) atoms. The van der Waals surface area contributed by atoms with E-state index < -0.39 is 23.3 Å². The molecule has 1 aliphatic carbocycles. The van der Waals surface area contributed by atoms with Crippen molar-refractivity contribution in [2.75, 3.05) is 19.8 Å². The van der Waals surface area contributed by atoms with Gasteiger partial charge in [0.15, 0.2) is 5.69 Å². The highest BCUT2D eigenvalue weighted by Gasteiger charge is 2.40. The van der Waals surface area contributed by atoms with Crippen molar-refractivity contribution in [2.45, 2.75) is 32.4 Å². The Kier molecular flexibility index (Phi) is 5.84. The second-order valence-corrected chi connectivity index (χ2v) is 6.73. The number of aromatic nitrogens is 2. The highest BCUT2D eigenvalue weighted by molar-refractivity contribution is 5.95. The maximum atomic E-state index is 13.6. The molecule has 0 radical (unpaired) electrons. The van der Waals surface area contributed by atoms with Crippen molar-refractivity contribution in [1.29, 1.82) is 0 Å². The lowest BCUT2D eigenvalue weighted by Gasteiger charge is -2.14. The summed E-state index contributed by atoms with van der Waals surface area (Å²) in [7, 11) is 0. The maximum absolute atomic E-state index is 13.6. The van der Waals surface area contributed by atoms with Crippen molar-refractivity contribution in [3.05, 3.63) is 47.3 Å². The summed E-state index contributed by atoms with van der Waals surface area (Å²) in [6, 6.07) is 6.59. The van der Waals surface area contributed by atoms with Crippen LogP contribution in [0.3, 0.4) is 0 Å². The zero-order valence-corrected chi connectivity index (χ0v) is 15.1. The van der Waals surface area contributed by atoms with Gasteiger partial charge in [0.1, 0.15) is 0 Å². The number of aryl methyl sites for hydroxylation is 1. The molecule has 0 unspecified atom stereocenters. The molecule has 0 atom stereocenters. The number of benzene rings is 1. The number of nitrogens with zero attached hydrogens (tertiary/aromatic N) is 2. The number of hydrogen-bond acceptors (Lipinski definition) is 3. The molecule has 2 aromatic rings. The molecule has 8 heteroatoms. The van der Waals surface area contributed by atoms with Crippen LogP contribution in [0.2, 0.25) is 0 Å². The van der Waals surface area contributed by atoms with Crippen molar-refractivity contribution in [2.24, 2.45) is 5.92 Å². The molecule has 1 N–H and O–H groups in total. The molecule has 1 saturated carbocycles. The van der Waals surface area contributed by atoms with E-state index >= 15 is 0 Å². The van der Waals surface area contributed by atoms with Gasteiger partial charge in [0, 0.05) is 19.8 Å². The van der Waals surface area contributed by atoms with Crippen LogP contribution in [-0.2, 0) is 10.9 Å². The monoisotopic (exact) mass is 381 g/mol. The molecular weight excluding hydrogens is 359 g/mol. The number of rotatable bonds is 8. The Balaban J connectivity index is 1.69. The molecule has 0 saturated heterocycles. The predicted octanol–water partition coefficient (Wildman–Crippen LogP) is 3.75. The fraction of sp³-hybridized carbons (Fsp3) is 0.474. The molecule has 1 aromatic carbocycles. The average molecular weight is 381 g/mol. The second kappa shape index (κ2) is 8.12. The fourth-order valence-electron chi connectivity index (χ4n) is 2.78. The summed E-state index contributed by atoms with van der Waals surface area (Å²) in [5.74, 6) is -0.134. The lowest BCUT2D eigenvalue weighted by atomic mass is 10.1. The van der Waals surface area contributed by atoms with Gasteiger partial charge in [0.25, 0.3) is 5.91 Å². The van der Waals surface area contributed by atoms with E-state index in [1.807, 2.05) is 0 Å². The van der Waals surface area contributed by atoms with Gasteiger partial charge in [-0.2, -0.15) is 18.3 Å². The van der Waals surface area contributed by atoms with Crippen molar-refractivity contribution in [1.82, 2.24) is 15.1 Å². The van der Waals surface area contributed by atoms with Gasteiger partial charge in [-0.15, -0.1) is 0 Å². The van der Waals surface area contributed by atoms with Crippen LogP contribution in [0, 0.1) is 12.8 Å². The van der Waals surface area contributed by atoms with Crippen molar-refractivity contribution in [3.8, 4) is 5.69 Å². The van der Waals surface area contributed by atoms with E-state index in [1.54, 1.807) is 25.1 Å². The molecule has 1 aliphatic rings. The number of hydrogen-bond donors (Lipinski definition) is 1. The minimum Gasteiger partial charge on any atom is -0.381 e. The largest absolute Gasteiger partial charge is 0.434 e. The Morgan fingerprint density at radius 1 is 1.33 bits per heavy atom. The van der Waals surface area contributed by atoms with E-state index in [9.17, 15) is 18.0 Å². The van der Waals surface area contributed by atoms with E-state index in [1.165, 1.54) is 18.9 Å². The number of carbonyl (C=O) groups excluding carboxylic acids is 1. The molecule has 0 bridgehead atoms. The lowest BCUT2D eigenvalue weighted by Crippen LogP contribution is -2.28. The molecule has 1 fully saturated rings. The summed E-state index contributed by atoms with van der Waals surface area (Å²) in [5, 5.41) is 6.35. The van der Waals surface area contributed by atoms with E-state index in [-0.39, 0.29) is 12.2 Å². The first kappa shape index (κ1) is 19.4. The van der Waals surface area contributed by atoms with Gasteiger partial charge in [0.05, 0.1) is 17.4 Å². The zero-order chi connectivity index (χ0) is 19.4. The first-order valence-corrected chi connectivity index (χ1v) is 8.95. The smallest absolute Gasteiger partial charge is 0.381 e. The van der Waals surface area contributed by atoms with Gasteiger partial charge in [-0.1, -0.05) is 18.2 Å². The van der Waals surface area contributed by atoms with Crippen LogP contribution in [-0.4, -0.2) is 35.4 Å². The van der Waals surface area contributed by atoms with Crippen molar-refractivity contribution < 1.29 is 22.7 Å². The Labute approximate surface area is 155 Å². The number of halogens is 3. The van der Waals surface area contributed by atoms with Gasteiger partial charge >= 0.3 is 6.18 Å². The third kappa shape index (κ3) is 4.88. The van der Waals surface area contributed by atoms with Gasteiger partial charge in [0.2, 0.25) is 0 Å². The van der Waals surface area contributed by atoms with E-state index in [0.29, 0.717) is 24.5 Å². The van der Waals surface area contributed by atoms with Gasteiger partial charge in [-0.3, -0.25) is 4.79 Å². The normalized spacial score (nSPS) is 14.4.